The summed E-state index contributed by atoms with van der Waals surface area (Å²) in [5.74, 6) is 0.364. The zero-order valence-corrected chi connectivity index (χ0v) is 22.0. The van der Waals surface area contributed by atoms with E-state index in [4.69, 9.17) is 9.47 Å². The second-order valence-electron chi connectivity index (χ2n) is 10.2. The molecule has 0 aromatic heterocycles. The first kappa shape index (κ1) is 27.1. The summed E-state index contributed by atoms with van der Waals surface area (Å²) >= 11 is 0. The SMILES string of the molecule is CCCCOC(=O)c1ccc(N2C(=O)C[C@H](N3CCC(C4CCN(C(=O)OCC)CC4)CC3)C2=O)cc1. The number of rotatable bonds is 8. The lowest BCUT2D eigenvalue weighted by atomic mass is 9.78. The van der Waals surface area contributed by atoms with Crippen LogP contribution in [-0.4, -0.2) is 79.1 Å². The van der Waals surface area contributed by atoms with E-state index in [0.717, 1.165) is 64.7 Å². The lowest BCUT2D eigenvalue weighted by molar-refractivity contribution is -0.123. The van der Waals surface area contributed by atoms with Crippen LogP contribution in [0.4, 0.5) is 10.5 Å². The van der Waals surface area contributed by atoms with Gasteiger partial charge in [0.2, 0.25) is 5.91 Å². The maximum atomic E-state index is 13.3. The molecule has 0 N–H and O–H groups in total. The van der Waals surface area contributed by atoms with Crippen LogP contribution in [0.15, 0.2) is 24.3 Å². The van der Waals surface area contributed by atoms with Gasteiger partial charge in [0.05, 0.1) is 36.9 Å². The molecule has 3 heterocycles. The van der Waals surface area contributed by atoms with Crippen LogP contribution in [-0.2, 0) is 19.1 Å². The first-order valence-corrected chi connectivity index (χ1v) is 13.7. The number of hydrogen-bond donors (Lipinski definition) is 0. The Hall–Kier alpha value is -2.94. The number of esters is 1. The van der Waals surface area contributed by atoms with Gasteiger partial charge in [-0.1, -0.05) is 13.3 Å². The molecule has 1 aromatic carbocycles. The van der Waals surface area contributed by atoms with Gasteiger partial charge in [0.1, 0.15) is 0 Å². The number of unbranched alkanes of at least 4 members (excludes halogenated alkanes) is 1. The second kappa shape index (κ2) is 12.5. The highest BCUT2D eigenvalue weighted by atomic mass is 16.6. The summed E-state index contributed by atoms with van der Waals surface area (Å²) < 4.78 is 10.4. The van der Waals surface area contributed by atoms with Crippen molar-refractivity contribution >= 4 is 29.6 Å². The second-order valence-corrected chi connectivity index (χ2v) is 10.2. The summed E-state index contributed by atoms with van der Waals surface area (Å²) in [5, 5.41) is 0. The number of benzene rings is 1. The maximum absolute atomic E-state index is 13.3. The molecule has 0 radical (unpaired) electrons. The zero-order chi connectivity index (χ0) is 26.4. The third-order valence-electron chi connectivity index (χ3n) is 7.96. The highest BCUT2D eigenvalue weighted by molar-refractivity contribution is 6.22. The highest BCUT2D eigenvalue weighted by Crippen LogP contribution is 2.35. The van der Waals surface area contributed by atoms with Crippen molar-refractivity contribution in [2.45, 2.75) is 64.8 Å². The normalized spacial score (nSPS) is 21.9. The van der Waals surface area contributed by atoms with Gasteiger partial charge in [0, 0.05) is 13.1 Å². The summed E-state index contributed by atoms with van der Waals surface area (Å²) in [7, 11) is 0. The zero-order valence-electron chi connectivity index (χ0n) is 22.0. The molecule has 0 spiro atoms. The van der Waals surface area contributed by atoms with E-state index in [2.05, 4.69) is 4.90 Å². The van der Waals surface area contributed by atoms with E-state index in [1.807, 2.05) is 13.8 Å². The molecule has 9 nitrogen and oxygen atoms in total. The average molecular weight is 514 g/mol. The van der Waals surface area contributed by atoms with Crippen LogP contribution in [0.5, 0.6) is 0 Å². The van der Waals surface area contributed by atoms with Gasteiger partial charge in [-0.25, -0.2) is 14.5 Å². The van der Waals surface area contributed by atoms with E-state index >= 15 is 0 Å². The number of ether oxygens (including phenoxy) is 2. The number of imide groups is 1. The molecule has 0 unspecified atom stereocenters. The molecule has 202 valence electrons. The molecule has 3 aliphatic rings. The lowest BCUT2D eigenvalue weighted by Crippen LogP contribution is -2.48. The number of carbonyl (C=O) groups is 4. The van der Waals surface area contributed by atoms with Gasteiger partial charge in [-0.3, -0.25) is 14.5 Å². The van der Waals surface area contributed by atoms with Gasteiger partial charge >= 0.3 is 12.1 Å². The Labute approximate surface area is 219 Å². The van der Waals surface area contributed by atoms with Gasteiger partial charge in [0.25, 0.3) is 5.91 Å². The summed E-state index contributed by atoms with van der Waals surface area (Å²) in [6.45, 7) is 7.70. The van der Waals surface area contributed by atoms with Crippen LogP contribution in [0, 0.1) is 11.8 Å². The predicted molar refractivity (Wildman–Crippen MR) is 138 cm³/mol. The Balaban J connectivity index is 1.28. The lowest BCUT2D eigenvalue weighted by Gasteiger charge is -2.41. The van der Waals surface area contributed by atoms with Gasteiger partial charge in [0.15, 0.2) is 0 Å². The Morgan fingerprint density at radius 3 is 2.11 bits per heavy atom. The molecular formula is C28H39N3O6. The van der Waals surface area contributed by atoms with Crippen molar-refractivity contribution < 1.29 is 28.7 Å². The molecule has 3 saturated heterocycles. The van der Waals surface area contributed by atoms with Crippen molar-refractivity contribution in [3.8, 4) is 0 Å². The van der Waals surface area contributed by atoms with Gasteiger partial charge in [-0.2, -0.15) is 0 Å². The minimum absolute atomic E-state index is 0.183. The van der Waals surface area contributed by atoms with Crippen molar-refractivity contribution in [3.63, 3.8) is 0 Å². The molecule has 0 aliphatic carbocycles. The van der Waals surface area contributed by atoms with Crippen molar-refractivity contribution in [2.24, 2.45) is 11.8 Å². The highest BCUT2D eigenvalue weighted by Gasteiger charge is 2.44. The Kier molecular flexibility index (Phi) is 9.18. The van der Waals surface area contributed by atoms with E-state index in [-0.39, 0.29) is 24.3 Å². The molecule has 0 bridgehead atoms. The molecule has 3 amide bonds. The Morgan fingerprint density at radius 1 is 0.892 bits per heavy atom. The van der Waals surface area contributed by atoms with Crippen molar-refractivity contribution in [1.29, 1.82) is 0 Å². The van der Waals surface area contributed by atoms with Crippen LogP contribution in [0.2, 0.25) is 0 Å². The average Bonchev–Trinajstić information content (AvgIpc) is 3.22. The van der Waals surface area contributed by atoms with Crippen LogP contribution in [0.25, 0.3) is 0 Å². The fraction of sp³-hybridized carbons (Fsp3) is 0.643. The maximum Gasteiger partial charge on any atom is 0.409 e. The minimum atomic E-state index is -0.433. The standard InChI is InChI=1S/C28H39N3O6/c1-3-5-18-37-27(34)22-6-8-23(9-7-22)31-25(32)19-24(26(31)33)29-14-10-20(11-15-29)21-12-16-30(17-13-21)28(35)36-4-2/h6-9,20-21,24H,3-5,10-19H2,1-2H3/t24-/m0/s1. The molecule has 37 heavy (non-hydrogen) atoms. The monoisotopic (exact) mass is 513 g/mol. The number of hydrogen-bond acceptors (Lipinski definition) is 7. The quantitative estimate of drug-likeness (QED) is 0.296. The number of amides is 3. The largest absolute Gasteiger partial charge is 0.462 e. The number of likely N-dealkylation sites (tertiary alicyclic amines) is 2. The Bertz CT molecular complexity index is 965. The summed E-state index contributed by atoms with van der Waals surface area (Å²) in [4.78, 5) is 55.4. The van der Waals surface area contributed by atoms with Gasteiger partial charge in [-0.05, 0) is 88.2 Å². The fourth-order valence-electron chi connectivity index (χ4n) is 5.78. The molecule has 9 heteroatoms. The molecule has 1 aromatic rings. The topological polar surface area (TPSA) is 96.5 Å². The molecular weight excluding hydrogens is 474 g/mol. The molecule has 1 atom stereocenters. The van der Waals surface area contributed by atoms with Crippen LogP contribution in [0.1, 0.15) is 69.2 Å². The van der Waals surface area contributed by atoms with E-state index in [0.29, 0.717) is 36.3 Å². The number of nitrogens with zero attached hydrogens (tertiary/aromatic N) is 3. The third-order valence-corrected chi connectivity index (χ3v) is 7.96. The minimum Gasteiger partial charge on any atom is -0.462 e. The molecule has 4 rings (SSSR count). The van der Waals surface area contributed by atoms with E-state index in [1.54, 1.807) is 29.2 Å². The third kappa shape index (κ3) is 6.32. The van der Waals surface area contributed by atoms with Crippen molar-refractivity contribution in [2.75, 3.05) is 44.3 Å². The van der Waals surface area contributed by atoms with Gasteiger partial charge < -0.3 is 14.4 Å². The summed E-state index contributed by atoms with van der Waals surface area (Å²) in [6.07, 6.45) is 5.69. The van der Waals surface area contributed by atoms with Crippen molar-refractivity contribution in [1.82, 2.24) is 9.80 Å². The van der Waals surface area contributed by atoms with Crippen LogP contribution < -0.4 is 4.90 Å². The fourth-order valence-corrected chi connectivity index (χ4v) is 5.78. The molecule has 0 saturated carbocycles. The number of piperidine rings is 2. The summed E-state index contributed by atoms with van der Waals surface area (Å²) in [6, 6.07) is 6.07. The molecule has 3 aliphatic heterocycles. The number of carbonyl (C=O) groups excluding carboxylic acids is 4. The number of anilines is 1. The van der Waals surface area contributed by atoms with Crippen molar-refractivity contribution in [3.05, 3.63) is 29.8 Å². The smallest absolute Gasteiger partial charge is 0.409 e. The van der Waals surface area contributed by atoms with Crippen LogP contribution in [0.3, 0.4) is 0 Å². The van der Waals surface area contributed by atoms with E-state index in [1.165, 1.54) is 4.90 Å². The Morgan fingerprint density at radius 2 is 1.51 bits per heavy atom. The predicted octanol–water partition coefficient (Wildman–Crippen LogP) is 3.86. The van der Waals surface area contributed by atoms with E-state index < -0.39 is 12.0 Å². The van der Waals surface area contributed by atoms with E-state index in [9.17, 15) is 19.2 Å². The molecule has 3 fully saturated rings. The van der Waals surface area contributed by atoms with Crippen LogP contribution >= 0.6 is 0 Å². The first-order chi connectivity index (χ1) is 17.9. The van der Waals surface area contributed by atoms with Gasteiger partial charge in [-0.15, -0.1) is 0 Å². The first-order valence-electron chi connectivity index (χ1n) is 13.7. The summed E-state index contributed by atoms with van der Waals surface area (Å²) in [5.41, 5.74) is 0.900.